The van der Waals surface area contributed by atoms with Crippen LogP contribution >= 0.6 is 0 Å². The Kier molecular flexibility index (Phi) is 5.72. The third-order valence-corrected chi connectivity index (χ3v) is 8.59. The number of benzene rings is 1. The van der Waals surface area contributed by atoms with Gasteiger partial charge in [-0.2, -0.15) is 0 Å². The third-order valence-electron chi connectivity index (χ3n) is 7.17. The predicted octanol–water partition coefficient (Wildman–Crippen LogP) is 3.34. The minimum absolute atomic E-state index is 0.0818. The molecule has 1 N–H and O–H groups in total. The van der Waals surface area contributed by atoms with E-state index in [9.17, 15) is 13.2 Å². The molecule has 3 aliphatic rings. The topological polar surface area (TPSA) is 94.1 Å². The lowest BCUT2D eigenvalue weighted by atomic mass is 9.59. The summed E-state index contributed by atoms with van der Waals surface area (Å²) in [5.41, 5.74) is 3.37. The second kappa shape index (κ2) is 8.06. The van der Waals surface area contributed by atoms with Crippen molar-refractivity contribution in [1.29, 1.82) is 0 Å². The molecule has 1 saturated heterocycles. The van der Waals surface area contributed by atoms with Crippen molar-refractivity contribution in [2.45, 2.75) is 57.5 Å². The monoisotopic (exact) mass is 446 g/mol. The first-order valence-electron chi connectivity index (χ1n) is 10.8. The van der Waals surface area contributed by atoms with Gasteiger partial charge in [0.25, 0.3) is 0 Å². The molecule has 1 aromatic carbocycles. The van der Waals surface area contributed by atoms with E-state index in [2.05, 4.69) is 16.8 Å². The van der Waals surface area contributed by atoms with Gasteiger partial charge in [-0.25, -0.2) is 13.1 Å². The van der Waals surface area contributed by atoms with Crippen LogP contribution in [0.25, 0.3) is 0 Å². The van der Waals surface area contributed by atoms with Crippen molar-refractivity contribution >= 4 is 21.7 Å². The van der Waals surface area contributed by atoms with Crippen molar-refractivity contribution in [3.8, 4) is 0 Å². The maximum atomic E-state index is 12.9. The van der Waals surface area contributed by atoms with Crippen LogP contribution in [-0.2, 0) is 24.4 Å². The van der Waals surface area contributed by atoms with Crippen LogP contribution < -0.4 is 4.72 Å². The molecule has 7 nitrogen and oxygen atoms in total. The van der Waals surface area contributed by atoms with Gasteiger partial charge in [-0.1, -0.05) is 36.7 Å². The molecule has 0 aromatic heterocycles. The molecule has 0 amide bonds. The predicted molar refractivity (Wildman–Crippen MR) is 117 cm³/mol. The zero-order valence-corrected chi connectivity index (χ0v) is 19.3. The molecule has 2 fully saturated rings. The molecule has 4 atom stereocenters. The molecule has 0 spiro atoms. The Morgan fingerprint density at radius 2 is 1.97 bits per heavy atom. The molecule has 2 aliphatic carbocycles. The van der Waals surface area contributed by atoms with Gasteiger partial charge in [0, 0.05) is 12.5 Å². The summed E-state index contributed by atoms with van der Waals surface area (Å²) in [5.74, 6) is -0.222. The van der Waals surface area contributed by atoms with Crippen LogP contribution in [0.4, 0.5) is 0 Å². The molecule has 168 valence electrons. The smallest absolute Gasteiger partial charge is 0.309 e. The van der Waals surface area contributed by atoms with Gasteiger partial charge >= 0.3 is 5.97 Å². The number of nitrogens with one attached hydrogen (secondary N) is 1. The van der Waals surface area contributed by atoms with E-state index in [-0.39, 0.29) is 40.8 Å². The number of rotatable bonds is 5. The van der Waals surface area contributed by atoms with E-state index in [1.54, 1.807) is 24.3 Å². The molecule has 1 saturated carbocycles. The van der Waals surface area contributed by atoms with E-state index >= 15 is 0 Å². The molecular weight excluding hydrogens is 416 g/mol. The minimum Gasteiger partial charge on any atom is -0.457 e. The number of carbonyl (C=O) groups excluding carboxylic acids is 1. The average Bonchev–Trinajstić information content (AvgIpc) is 3.01. The van der Waals surface area contributed by atoms with Crippen LogP contribution in [0.5, 0.6) is 0 Å². The molecule has 0 bridgehead atoms. The first kappa shape index (κ1) is 22.0. The highest BCUT2D eigenvalue weighted by molar-refractivity contribution is 7.89. The number of oxime groups is 1. The number of carbonyl (C=O) groups is 1. The van der Waals surface area contributed by atoms with Crippen molar-refractivity contribution in [3.63, 3.8) is 0 Å². The Morgan fingerprint density at radius 3 is 2.65 bits per heavy atom. The van der Waals surface area contributed by atoms with Gasteiger partial charge in [0.2, 0.25) is 10.0 Å². The second-order valence-electron chi connectivity index (χ2n) is 9.16. The Labute approximate surface area is 183 Å². The Hall–Kier alpha value is -2.19. The van der Waals surface area contributed by atoms with Gasteiger partial charge in [0.1, 0.15) is 13.2 Å². The maximum absolute atomic E-state index is 12.9. The first-order valence-corrected chi connectivity index (χ1v) is 12.3. The van der Waals surface area contributed by atoms with Crippen molar-refractivity contribution in [3.05, 3.63) is 41.0 Å². The van der Waals surface area contributed by atoms with E-state index in [1.807, 2.05) is 13.8 Å². The van der Waals surface area contributed by atoms with Crippen LogP contribution in [-0.4, -0.2) is 39.9 Å². The van der Waals surface area contributed by atoms with E-state index in [1.165, 1.54) is 7.11 Å². The van der Waals surface area contributed by atoms with Crippen molar-refractivity contribution in [2.24, 2.45) is 22.4 Å². The fourth-order valence-corrected chi connectivity index (χ4v) is 6.26. The lowest BCUT2D eigenvalue weighted by molar-refractivity contribution is -0.143. The summed E-state index contributed by atoms with van der Waals surface area (Å²) in [7, 11) is -2.22. The fraction of sp³-hybridized carbons (Fsp3) is 0.565. The Morgan fingerprint density at radius 1 is 1.26 bits per heavy atom. The molecule has 1 heterocycles. The number of aryl methyl sites for hydroxylation is 1. The van der Waals surface area contributed by atoms with Crippen molar-refractivity contribution in [1.82, 2.24) is 4.72 Å². The summed E-state index contributed by atoms with van der Waals surface area (Å²) in [6.45, 7) is 6.10. The summed E-state index contributed by atoms with van der Waals surface area (Å²) in [6.07, 6.45) is 3.10. The van der Waals surface area contributed by atoms with E-state index in [0.29, 0.717) is 6.42 Å². The molecule has 1 aliphatic heterocycles. The highest BCUT2D eigenvalue weighted by atomic mass is 32.2. The van der Waals surface area contributed by atoms with Crippen LogP contribution in [0.2, 0.25) is 0 Å². The third kappa shape index (κ3) is 3.91. The van der Waals surface area contributed by atoms with Gasteiger partial charge in [-0.3, -0.25) is 4.79 Å². The lowest BCUT2D eigenvalue weighted by Gasteiger charge is -2.46. The molecule has 31 heavy (non-hydrogen) atoms. The highest BCUT2D eigenvalue weighted by Crippen LogP contribution is 2.55. The second-order valence-corrected chi connectivity index (χ2v) is 10.9. The summed E-state index contributed by atoms with van der Waals surface area (Å²) in [6, 6.07) is 6.75. The lowest BCUT2D eigenvalue weighted by Crippen LogP contribution is -2.44. The molecule has 0 unspecified atom stereocenters. The van der Waals surface area contributed by atoms with Gasteiger partial charge in [-0.15, -0.1) is 0 Å². The van der Waals surface area contributed by atoms with Gasteiger partial charge in [0.05, 0.1) is 16.5 Å². The SMILES string of the molecule is CO/N=C1\CC[C@]2(C)CC[C@H]3[C@H](C)C(=O)O[C@@H]3C2=C1CNS(=O)(=O)c1ccc(C)cc1. The summed E-state index contributed by atoms with van der Waals surface area (Å²) >= 11 is 0. The standard InChI is InChI=1S/C23H30N2O5S/c1-14-5-7-16(8-6-14)31(27,28)24-13-18-19(25-29-4)10-12-23(3)11-9-17-15(2)22(26)30-21(17)20(18)23/h5-8,15,17,21,24H,9-13H2,1-4H3/b25-19+/t15-,17-,21-,23-/m0/s1. The Bertz CT molecular complexity index is 1040. The zero-order chi connectivity index (χ0) is 22.4. The fourth-order valence-electron chi connectivity index (χ4n) is 5.27. The first-order chi connectivity index (χ1) is 14.7. The quantitative estimate of drug-likeness (QED) is 0.553. The van der Waals surface area contributed by atoms with Crippen LogP contribution in [0.3, 0.4) is 0 Å². The minimum atomic E-state index is -3.70. The van der Waals surface area contributed by atoms with E-state index < -0.39 is 10.0 Å². The van der Waals surface area contributed by atoms with Crippen molar-refractivity contribution in [2.75, 3.05) is 13.7 Å². The number of sulfonamides is 1. The summed E-state index contributed by atoms with van der Waals surface area (Å²) in [5, 5.41) is 4.21. The van der Waals surface area contributed by atoms with Crippen LogP contribution in [0.1, 0.15) is 45.1 Å². The number of hydrogen-bond acceptors (Lipinski definition) is 6. The zero-order valence-electron chi connectivity index (χ0n) is 18.5. The van der Waals surface area contributed by atoms with Gasteiger partial charge < -0.3 is 9.57 Å². The van der Waals surface area contributed by atoms with Crippen molar-refractivity contribution < 1.29 is 22.8 Å². The summed E-state index contributed by atoms with van der Waals surface area (Å²) in [4.78, 5) is 17.6. The largest absolute Gasteiger partial charge is 0.457 e. The molecule has 8 heteroatoms. The number of fused-ring (bicyclic) bond motifs is 3. The van der Waals surface area contributed by atoms with Gasteiger partial charge in [-0.05, 0) is 61.3 Å². The van der Waals surface area contributed by atoms with Crippen LogP contribution in [0, 0.1) is 24.2 Å². The molecule has 0 radical (unpaired) electrons. The van der Waals surface area contributed by atoms with Crippen LogP contribution in [0.15, 0.2) is 45.5 Å². The maximum Gasteiger partial charge on any atom is 0.309 e. The molecular formula is C23H30N2O5S. The Balaban J connectivity index is 1.73. The number of ether oxygens (including phenoxy) is 1. The highest BCUT2D eigenvalue weighted by Gasteiger charge is 2.54. The molecule has 1 aromatic rings. The number of nitrogens with zero attached hydrogens (tertiary/aromatic N) is 1. The van der Waals surface area contributed by atoms with E-state index in [4.69, 9.17) is 9.57 Å². The summed E-state index contributed by atoms with van der Waals surface area (Å²) < 4.78 is 34.4. The number of hydrogen-bond donors (Lipinski definition) is 1. The number of esters is 1. The normalized spacial score (nSPS) is 31.9. The van der Waals surface area contributed by atoms with Gasteiger partial charge in [0.15, 0.2) is 0 Å². The van der Waals surface area contributed by atoms with E-state index in [0.717, 1.165) is 41.7 Å². The average molecular weight is 447 g/mol. The molecule has 4 rings (SSSR count).